The largest absolute Gasteiger partial charge is 0.391 e. The van der Waals surface area contributed by atoms with Crippen LogP contribution in [0.5, 0.6) is 0 Å². The first-order valence-electron chi connectivity index (χ1n) is 5.99. The molecular formula is C11H19NO3. The molecule has 3 fully saturated rings. The fraction of sp³-hybridized carbons (Fsp3) is 1.00. The van der Waals surface area contributed by atoms with Crippen molar-refractivity contribution in [3.63, 3.8) is 0 Å². The van der Waals surface area contributed by atoms with Crippen molar-refractivity contribution in [2.24, 2.45) is 0 Å². The van der Waals surface area contributed by atoms with E-state index in [0.717, 1.165) is 52.0 Å². The van der Waals surface area contributed by atoms with Crippen molar-refractivity contribution in [1.82, 2.24) is 4.90 Å². The number of hydrogen-bond donors (Lipinski definition) is 1. The third-order valence-corrected chi connectivity index (χ3v) is 4.04. The van der Waals surface area contributed by atoms with Gasteiger partial charge in [-0.3, -0.25) is 4.90 Å². The molecule has 2 atom stereocenters. The molecule has 2 heterocycles. The summed E-state index contributed by atoms with van der Waals surface area (Å²) in [7, 11) is 0. The number of aliphatic hydroxyl groups is 1. The highest BCUT2D eigenvalue weighted by Crippen LogP contribution is 2.35. The van der Waals surface area contributed by atoms with Gasteiger partial charge in [0.15, 0.2) is 5.79 Å². The molecule has 1 spiro atoms. The lowest BCUT2D eigenvalue weighted by molar-refractivity contribution is -0.194. The number of aliphatic hydroxyl groups excluding tert-OH is 1. The van der Waals surface area contributed by atoms with Crippen molar-refractivity contribution < 1.29 is 14.6 Å². The second-order valence-corrected chi connectivity index (χ2v) is 4.86. The van der Waals surface area contributed by atoms with Crippen molar-refractivity contribution in [2.75, 3.05) is 26.3 Å². The molecule has 0 aromatic rings. The minimum absolute atomic E-state index is 0.0931. The number of nitrogens with zero attached hydrogens (tertiary/aromatic N) is 1. The molecule has 1 saturated carbocycles. The number of hydrogen-bond acceptors (Lipinski definition) is 4. The molecule has 0 bridgehead atoms. The topological polar surface area (TPSA) is 41.9 Å². The molecule has 0 radical (unpaired) electrons. The van der Waals surface area contributed by atoms with Crippen LogP contribution in [0.2, 0.25) is 0 Å². The molecule has 3 rings (SSSR count). The Hall–Kier alpha value is -0.160. The molecule has 0 aromatic carbocycles. The highest BCUT2D eigenvalue weighted by Gasteiger charge is 2.43. The van der Waals surface area contributed by atoms with Gasteiger partial charge in [0, 0.05) is 32.0 Å². The fourth-order valence-corrected chi connectivity index (χ4v) is 2.87. The van der Waals surface area contributed by atoms with Crippen LogP contribution in [0.1, 0.15) is 25.7 Å². The molecule has 0 amide bonds. The normalized spacial score (nSPS) is 40.6. The third-order valence-electron chi connectivity index (χ3n) is 4.04. The Kier molecular flexibility index (Phi) is 2.47. The molecule has 4 heteroatoms. The Morgan fingerprint density at radius 2 is 1.73 bits per heavy atom. The average molecular weight is 213 g/mol. The van der Waals surface area contributed by atoms with Crippen LogP contribution in [-0.2, 0) is 9.47 Å². The van der Waals surface area contributed by atoms with Crippen molar-refractivity contribution in [3.05, 3.63) is 0 Å². The van der Waals surface area contributed by atoms with E-state index in [4.69, 9.17) is 9.47 Å². The zero-order valence-corrected chi connectivity index (χ0v) is 9.02. The molecule has 86 valence electrons. The lowest BCUT2D eigenvalue weighted by Gasteiger charge is -2.46. The van der Waals surface area contributed by atoms with Gasteiger partial charge in [0.25, 0.3) is 0 Å². The van der Waals surface area contributed by atoms with E-state index in [0.29, 0.717) is 6.04 Å². The highest BCUT2D eigenvalue weighted by molar-refractivity contribution is 4.93. The van der Waals surface area contributed by atoms with Gasteiger partial charge in [-0.15, -0.1) is 0 Å². The highest BCUT2D eigenvalue weighted by atomic mass is 16.7. The average Bonchev–Trinajstić information content (AvgIpc) is 2.68. The van der Waals surface area contributed by atoms with E-state index < -0.39 is 0 Å². The van der Waals surface area contributed by atoms with Crippen LogP contribution in [0.3, 0.4) is 0 Å². The Morgan fingerprint density at radius 3 is 2.20 bits per heavy atom. The summed E-state index contributed by atoms with van der Waals surface area (Å²) < 4.78 is 11.4. The SMILES string of the molecule is O[C@@H]1CC[C@H]1N1CCC2(CC1)OCCO2. The van der Waals surface area contributed by atoms with E-state index in [1.807, 2.05) is 0 Å². The predicted molar refractivity (Wildman–Crippen MR) is 54.5 cm³/mol. The monoisotopic (exact) mass is 213 g/mol. The van der Waals surface area contributed by atoms with Gasteiger partial charge in [0.2, 0.25) is 0 Å². The number of ether oxygens (including phenoxy) is 2. The van der Waals surface area contributed by atoms with Crippen LogP contribution in [0, 0.1) is 0 Å². The van der Waals surface area contributed by atoms with E-state index in [1.54, 1.807) is 0 Å². The maximum atomic E-state index is 9.61. The van der Waals surface area contributed by atoms with Crippen LogP contribution in [0.25, 0.3) is 0 Å². The summed E-state index contributed by atoms with van der Waals surface area (Å²) in [6.45, 7) is 3.49. The van der Waals surface area contributed by atoms with Crippen LogP contribution in [-0.4, -0.2) is 54.2 Å². The lowest BCUT2D eigenvalue weighted by atomic mass is 9.86. The van der Waals surface area contributed by atoms with Crippen LogP contribution in [0.15, 0.2) is 0 Å². The van der Waals surface area contributed by atoms with Gasteiger partial charge in [-0.25, -0.2) is 0 Å². The van der Waals surface area contributed by atoms with Gasteiger partial charge in [-0.05, 0) is 12.8 Å². The summed E-state index contributed by atoms with van der Waals surface area (Å²) >= 11 is 0. The Morgan fingerprint density at radius 1 is 1.07 bits per heavy atom. The first-order chi connectivity index (χ1) is 7.29. The molecule has 0 aromatic heterocycles. The molecular weight excluding hydrogens is 194 g/mol. The Balaban J connectivity index is 1.56. The smallest absolute Gasteiger partial charge is 0.170 e. The van der Waals surface area contributed by atoms with E-state index in [9.17, 15) is 5.11 Å². The van der Waals surface area contributed by atoms with Gasteiger partial charge >= 0.3 is 0 Å². The Labute approximate surface area is 90.2 Å². The minimum atomic E-state index is -0.273. The predicted octanol–water partition coefficient (Wildman–Crippen LogP) is 0.349. The summed E-state index contributed by atoms with van der Waals surface area (Å²) in [4.78, 5) is 2.39. The number of piperidine rings is 1. The number of likely N-dealkylation sites (tertiary alicyclic amines) is 1. The van der Waals surface area contributed by atoms with Crippen molar-refractivity contribution in [3.8, 4) is 0 Å². The molecule has 1 N–H and O–H groups in total. The molecule has 0 unspecified atom stereocenters. The summed E-state index contributed by atoms with van der Waals surface area (Å²) in [5, 5.41) is 9.61. The van der Waals surface area contributed by atoms with Gasteiger partial charge in [-0.2, -0.15) is 0 Å². The summed E-state index contributed by atoms with van der Waals surface area (Å²) in [5.74, 6) is -0.273. The van der Waals surface area contributed by atoms with E-state index in [2.05, 4.69) is 4.90 Å². The molecule has 2 saturated heterocycles. The van der Waals surface area contributed by atoms with Crippen molar-refractivity contribution in [1.29, 1.82) is 0 Å². The standard InChI is InChI=1S/C11H19NO3/c13-10-2-1-9(10)12-5-3-11(4-6-12)14-7-8-15-11/h9-10,13H,1-8H2/t9-,10-/m1/s1. The van der Waals surface area contributed by atoms with Crippen LogP contribution in [0.4, 0.5) is 0 Å². The summed E-state index contributed by atoms with van der Waals surface area (Å²) in [6, 6.07) is 0.406. The summed E-state index contributed by atoms with van der Waals surface area (Å²) in [6.07, 6.45) is 3.94. The first kappa shape index (κ1) is 10.0. The van der Waals surface area contributed by atoms with E-state index in [-0.39, 0.29) is 11.9 Å². The van der Waals surface area contributed by atoms with Gasteiger partial charge < -0.3 is 14.6 Å². The summed E-state index contributed by atoms with van der Waals surface area (Å²) in [5.41, 5.74) is 0. The molecule has 15 heavy (non-hydrogen) atoms. The molecule has 1 aliphatic carbocycles. The molecule has 2 aliphatic heterocycles. The van der Waals surface area contributed by atoms with Crippen molar-refractivity contribution in [2.45, 2.75) is 43.6 Å². The maximum absolute atomic E-state index is 9.61. The third kappa shape index (κ3) is 1.69. The lowest BCUT2D eigenvalue weighted by Crippen LogP contribution is -2.56. The van der Waals surface area contributed by atoms with Crippen LogP contribution < -0.4 is 0 Å². The van der Waals surface area contributed by atoms with Gasteiger partial charge in [-0.1, -0.05) is 0 Å². The minimum Gasteiger partial charge on any atom is -0.391 e. The zero-order chi connectivity index (χ0) is 10.3. The van der Waals surface area contributed by atoms with E-state index in [1.165, 1.54) is 0 Å². The maximum Gasteiger partial charge on any atom is 0.170 e. The van der Waals surface area contributed by atoms with Gasteiger partial charge in [0.05, 0.1) is 19.3 Å². The second kappa shape index (κ2) is 3.70. The van der Waals surface area contributed by atoms with Crippen LogP contribution >= 0.6 is 0 Å². The quantitative estimate of drug-likeness (QED) is 0.682. The fourth-order valence-electron chi connectivity index (χ4n) is 2.87. The molecule has 4 nitrogen and oxygen atoms in total. The Bertz CT molecular complexity index is 230. The van der Waals surface area contributed by atoms with E-state index >= 15 is 0 Å². The zero-order valence-electron chi connectivity index (χ0n) is 9.02. The number of rotatable bonds is 1. The first-order valence-corrected chi connectivity index (χ1v) is 5.99. The van der Waals surface area contributed by atoms with Gasteiger partial charge in [0.1, 0.15) is 0 Å². The molecule has 3 aliphatic rings. The second-order valence-electron chi connectivity index (χ2n) is 4.86. The van der Waals surface area contributed by atoms with Crippen molar-refractivity contribution >= 4 is 0 Å².